The number of fused-ring (bicyclic) bond motifs is 1. The summed E-state index contributed by atoms with van der Waals surface area (Å²) in [7, 11) is 6.84. The molecular weight excluding hydrogens is 406 g/mol. The van der Waals surface area contributed by atoms with Gasteiger partial charge in [0.2, 0.25) is 5.91 Å². The van der Waals surface area contributed by atoms with Crippen molar-refractivity contribution < 1.29 is 19.1 Å². The Morgan fingerprint density at radius 3 is 2.69 bits per heavy atom. The van der Waals surface area contributed by atoms with Gasteiger partial charge in [0.1, 0.15) is 11.5 Å². The molecule has 1 N–H and O–H groups in total. The lowest BCUT2D eigenvalue weighted by Crippen LogP contribution is -2.57. The van der Waals surface area contributed by atoms with Gasteiger partial charge in [0, 0.05) is 44.9 Å². The highest BCUT2D eigenvalue weighted by Crippen LogP contribution is 2.37. The number of nitrogens with one attached hydrogen (secondary N) is 1. The van der Waals surface area contributed by atoms with Crippen LogP contribution in [0.1, 0.15) is 27.9 Å². The number of rotatable bonds is 5. The Balaban J connectivity index is 1.65. The van der Waals surface area contributed by atoms with Crippen LogP contribution < -0.4 is 14.8 Å². The molecule has 1 fully saturated rings. The van der Waals surface area contributed by atoms with Gasteiger partial charge in [-0.3, -0.25) is 14.5 Å². The summed E-state index contributed by atoms with van der Waals surface area (Å²) in [5, 5.41) is 3.28. The van der Waals surface area contributed by atoms with Gasteiger partial charge >= 0.3 is 0 Å². The van der Waals surface area contributed by atoms with Gasteiger partial charge in [-0.25, -0.2) is 0 Å². The second kappa shape index (κ2) is 8.82. The van der Waals surface area contributed by atoms with Crippen LogP contribution in [0.25, 0.3) is 0 Å². The van der Waals surface area contributed by atoms with Crippen molar-refractivity contribution in [2.75, 3.05) is 41.4 Å². The fraction of sp³-hybridized carbons (Fsp3) is 0.440. The summed E-state index contributed by atoms with van der Waals surface area (Å²) >= 11 is 0. The molecule has 2 aromatic rings. The van der Waals surface area contributed by atoms with Crippen molar-refractivity contribution in [2.45, 2.75) is 24.9 Å². The fourth-order valence-corrected chi connectivity index (χ4v) is 5.05. The van der Waals surface area contributed by atoms with Crippen molar-refractivity contribution >= 4 is 11.8 Å². The normalized spacial score (nSPS) is 22.8. The lowest BCUT2D eigenvalue weighted by Gasteiger charge is -2.35. The number of ether oxygens (including phenoxy) is 2. The van der Waals surface area contributed by atoms with Gasteiger partial charge < -0.3 is 19.7 Å². The Morgan fingerprint density at radius 2 is 1.97 bits per heavy atom. The van der Waals surface area contributed by atoms with E-state index in [9.17, 15) is 9.59 Å². The van der Waals surface area contributed by atoms with E-state index in [1.807, 2.05) is 42.5 Å². The third kappa shape index (κ3) is 4.05. The molecule has 0 aliphatic carbocycles. The number of nitrogens with zero attached hydrogens (tertiary/aromatic N) is 2. The standard InChI is InChI=1S/C25H31N3O4/c1-27(2)24(30)21-15-28(14-18-13-19(31-3)9-10-22(18)32-4)16-25(21)12-11-17-7-5-6-8-20(17)23(29)26-25/h5-10,13,21H,11-12,14-16H2,1-4H3,(H,26,29)/t21-,25+/m1/s1. The number of amides is 2. The number of methoxy groups -OCH3 is 2. The first-order valence-electron chi connectivity index (χ1n) is 10.9. The van der Waals surface area contributed by atoms with Crippen LogP contribution in [0.15, 0.2) is 42.5 Å². The summed E-state index contributed by atoms with van der Waals surface area (Å²) < 4.78 is 11.0. The van der Waals surface area contributed by atoms with E-state index in [0.29, 0.717) is 31.6 Å². The monoisotopic (exact) mass is 437 g/mol. The van der Waals surface area contributed by atoms with Crippen molar-refractivity contribution in [3.63, 3.8) is 0 Å². The molecule has 2 aliphatic rings. The third-order valence-corrected chi connectivity index (χ3v) is 6.70. The lowest BCUT2D eigenvalue weighted by molar-refractivity contribution is -0.134. The van der Waals surface area contributed by atoms with Gasteiger partial charge in [-0.1, -0.05) is 18.2 Å². The summed E-state index contributed by atoms with van der Waals surface area (Å²) in [5.41, 5.74) is 2.10. The van der Waals surface area contributed by atoms with Gasteiger partial charge in [0.15, 0.2) is 0 Å². The van der Waals surface area contributed by atoms with Crippen molar-refractivity contribution in [3.05, 3.63) is 59.2 Å². The summed E-state index contributed by atoms with van der Waals surface area (Å²) in [5.74, 6) is 1.15. The lowest BCUT2D eigenvalue weighted by atomic mass is 9.81. The molecule has 2 aromatic carbocycles. The van der Waals surface area contributed by atoms with Gasteiger partial charge in [-0.15, -0.1) is 0 Å². The van der Waals surface area contributed by atoms with Gasteiger partial charge in [0.25, 0.3) is 5.91 Å². The van der Waals surface area contributed by atoms with E-state index < -0.39 is 5.54 Å². The SMILES string of the molecule is COc1ccc(OC)c(CN2C[C@H](C(=O)N(C)C)[C@]3(CCc4ccccc4C(=O)N3)C2)c1. The zero-order valence-corrected chi connectivity index (χ0v) is 19.2. The molecule has 0 radical (unpaired) electrons. The fourth-order valence-electron chi connectivity index (χ4n) is 5.05. The smallest absolute Gasteiger partial charge is 0.252 e. The van der Waals surface area contributed by atoms with Crippen molar-refractivity contribution in [3.8, 4) is 11.5 Å². The molecule has 2 atom stereocenters. The highest BCUT2D eigenvalue weighted by Gasteiger charge is 2.52. The van der Waals surface area contributed by atoms with E-state index in [0.717, 1.165) is 29.0 Å². The van der Waals surface area contributed by atoms with Crippen molar-refractivity contribution in [1.82, 2.24) is 15.1 Å². The molecule has 2 heterocycles. The van der Waals surface area contributed by atoms with E-state index in [1.165, 1.54) is 0 Å². The van der Waals surface area contributed by atoms with E-state index >= 15 is 0 Å². The van der Waals surface area contributed by atoms with Gasteiger partial charge in [0.05, 0.1) is 25.7 Å². The Labute approximate surface area is 189 Å². The predicted molar refractivity (Wildman–Crippen MR) is 122 cm³/mol. The molecular formula is C25H31N3O4. The Hall–Kier alpha value is -3.06. The minimum atomic E-state index is -0.621. The first-order chi connectivity index (χ1) is 15.4. The number of carbonyl (C=O) groups is 2. The molecule has 0 bridgehead atoms. The molecule has 2 amide bonds. The average molecular weight is 438 g/mol. The molecule has 1 spiro atoms. The number of likely N-dealkylation sites (tertiary alicyclic amines) is 1. The van der Waals surface area contributed by atoms with Crippen LogP contribution in [0.5, 0.6) is 11.5 Å². The Kier molecular flexibility index (Phi) is 6.11. The Bertz CT molecular complexity index is 1020. The van der Waals surface area contributed by atoms with Crippen LogP contribution in [-0.4, -0.2) is 68.6 Å². The van der Waals surface area contributed by atoms with Crippen molar-refractivity contribution in [1.29, 1.82) is 0 Å². The molecule has 170 valence electrons. The maximum atomic E-state index is 13.2. The summed E-state index contributed by atoms with van der Waals surface area (Å²) in [6.07, 6.45) is 1.47. The van der Waals surface area contributed by atoms with Crippen LogP contribution in [0.3, 0.4) is 0 Å². The molecule has 7 heteroatoms. The maximum Gasteiger partial charge on any atom is 0.252 e. The summed E-state index contributed by atoms with van der Waals surface area (Å²) in [4.78, 5) is 30.3. The molecule has 0 aromatic heterocycles. The zero-order chi connectivity index (χ0) is 22.9. The molecule has 32 heavy (non-hydrogen) atoms. The number of benzene rings is 2. The number of aryl methyl sites for hydroxylation is 1. The third-order valence-electron chi connectivity index (χ3n) is 6.70. The van der Waals surface area contributed by atoms with Crippen LogP contribution in [-0.2, 0) is 17.8 Å². The van der Waals surface area contributed by atoms with Crippen LogP contribution in [0, 0.1) is 5.92 Å². The second-order valence-electron chi connectivity index (χ2n) is 8.90. The van der Waals surface area contributed by atoms with Gasteiger partial charge in [-0.2, -0.15) is 0 Å². The number of hydrogen-bond donors (Lipinski definition) is 1. The number of carbonyl (C=O) groups excluding carboxylic acids is 2. The summed E-state index contributed by atoms with van der Waals surface area (Å²) in [6, 6.07) is 13.4. The first-order valence-corrected chi connectivity index (χ1v) is 10.9. The topological polar surface area (TPSA) is 71.1 Å². The predicted octanol–water partition coefficient (Wildman–Crippen LogP) is 2.34. The maximum absolute atomic E-state index is 13.2. The molecule has 1 saturated heterocycles. The largest absolute Gasteiger partial charge is 0.497 e. The molecule has 7 nitrogen and oxygen atoms in total. The second-order valence-corrected chi connectivity index (χ2v) is 8.90. The molecule has 2 aliphatic heterocycles. The van der Waals surface area contributed by atoms with E-state index in [2.05, 4.69) is 10.2 Å². The van der Waals surface area contributed by atoms with Crippen LogP contribution in [0.2, 0.25) is 0 Å². The minimum Gasteiger partial charge on any atom is -0.497 e. The summed E-state index contributed by atoms with van der Waals surface area (Å²) in [6.45, 7) is 1.76. The van der Waals surface area contributed by atoms with Crippen LogP contribution in [0.4, 0.5) is 0 Å². The van der Waals surface area contributed by atoms with E-state index in [-0.39, 0.29) is 17.7 Å². The highest BCUT2D eigenvalue weighted by molar-refractivity contribution is 5.97. The Morgan fingerprint density at radius 1 is 1.19 bits per heavy atom. The van der Waals surface area contributed by atoms with E-state index in [1.54, 1.807) is 33.2 Å². The van der Waals surface area contributed by atoms with E-state index in [4.69, 9.17) is 9.47 Å². The zero-order valence-electron chi connectivity index (χ0n) is 19.2. The highest BCUT2D eigenvalue weighted by atomic mass is 16.5. The van der Waals surface area contributed by atoms with Gasteiger partial charge in [-0.05, 0) is 42.7 Å². The molecule has 0 saturated carbocycles. The molecule has 4 rings (SSSR count). The van der Waals surface area contributed by atoms with Crippen LogP contribution >= 0.6 is 0 Å². The number of hydrogen-bond acceptors (Lipinski definition) is 5. The first kappa shape index (κ1) is 22.1. The minimum absolute atomic E-state index is 0.0383. The quantitative estimate of drug-likeness (QED) is 0.778. The van der Waals surface area contributed by atoms with Crippen molar-refractivity contribution in [2.24, 2.45) is 5.92 Å². The molecule has 0 unspecified atom stereocenters. The average Bonchev–Trinajstić information content (AvgIpc) is 3.06.